The summed E-state index contributed by atoms with van der Waals surface area (Å²) in [6.45, 7) is 5.33. The smallest absolute Gasteiger partial charge is 0.194 e. The second-order valence-electron chi connectivity index (χ2n) is 7.37. The zero-order chi connectivity index (χ0) is 19.1. The number of benzene rings is 1. The van der Waals surface area contributed by atoms with Crippen molar-refractivity contribution < 1.29 is 5.11 Å². The van der Waals surface area contributed by atoms with Crippen molar-refractivity contribution in [2.45, 2.75) is 32.3 Å². The van der Waals surface area contributed by atoms with Crippen molar-refractivity contribution in [3.05, 3.63) is 53.9 Å². The molecule has 0 amide bonds. The van der Waals surface area contributed by atoms with Gasteiger partial charge in [-0.3, -0.25) is 9.67 Å². The van der Waals surface area contributed by atoms with Gasteiger partial charge in [0.05, 0.1) is 18.8 Å². The van der Waals surface area contributed by atoms with E-state index in [9.17, 15) is 5.11 Å². The summed E-state index contributed by atoms with van der Waals surface area (Å²) in [6, 6.07) is 10.1. The first-order valence-electron chi connectivity index (χ1n) is 9.86. The van der Waals surface area contributed by atoms with Gasteiger partial charge < -0.3 is 15.3 Å². The van der Waals surface area contributed by atoms with Crippen molar-refractivity contribution in [1.29, 1.82) is 0 Å². The summed E-state index contributed by atoms with van der Waals surface area (Å²) in [6.07, 6.45) is 6.44. The highest BCUT2D eigenvalue weighted by molar-refractivity contribution is 5.80. The van der Waals surface area contributed by atoms with E-state index in [1.807, 2.05) is 48.3 Å². The molecule has 0 radical (unpaired) electrons. The average Bonchev–Trinajstić information content (AvgIpc) is 3.29. The minimum Gasteiger partial charge on any atom is -0.391 e. The highest BCUT2D eigenvalue weighted by atomic mass is 16.3. The lowest BCUT2D eigenvalue weighted by Gasteiger charge is -2.22. The van der Waals surface area contributed by atoms with E-state index >= 15 is 0 Å². The van der Waals surface area contributed by atoms with Gasteiger partial charge in [0, 0.05) is 39.3 Å². The molecule has 0 bridgehead atoms. The van der Waals surface area contributed by atoms with Gasteiger partial charge >= 0.3 is 0 Å². The maximum absolute atomic E-state index is 10.3. The van der Waals surface area contributed by atoms with Gasteiger partial charge in [0.2, 0.25) is 0 Å². The van der Waals surface area contributed by atoms with E-state index in [1.165, 1.54) is 5.56 Å². The third kappa shape index (κ3) is 5.82. The normalized spacial score (nSPS) is 18.7. The first-order valence-corrected chi connectivity index (χ1v) is 9.86. The Morgan fingerprint density at radius 3 is 2.85 bits per heavy atom. The monoisotopic (exact) mass is 369 g/mol. The van der Waals surface area contributed by atoms with E-state index in [0.717, 1.165) is 44.0 Å². The Balaban J connectivity index is 1.53. The van der Waals surface area contributed by atoms with Gasteiger partial charge in [-0.15, -0.1) is 0 Å². The fraction of sp³-hybridized carbons (Fsp3) is 0.524. The molecule has 1 aliphatic rings. The summed E-state index contributed by atoms with van der Waals surface area (Å²) in [5.74, 6) is 1.53. The first-order chi connectivity index (χ1) is 13.1. The fourth-order valence-corrected chi connectivity index (χ4v) is 3.67. The Labute approximate surface area is 161 Å². The Bertz CT molecular complexity index is 727. The van der Waals surface area contributed by atoms with Crippen LogP contribution in [-0.4, -0.2) is 58.0 Å². The van der Waals surface area contributed by atoms with Crippen molar-refractivity contribution in [2.24, 2.45) is 18.0 Å². The van der Waals surface area contributed by atoms with Crippen LogP contribution in [0.3, 0.4) is 0 Å². The molecule has 2 unspecified atom stereocenters. The second kappa shape index (κ2) is 9.55. The van der Waals surface area contributed by atoms with Crippen LogP contribution < -0.4 is 5.32 Å². The van der Waals surface area contributed by atoms with Crippen LogP contribution >= 0.6 is 0 Å². The number of aryl methyl sites for hydroxylation is 1. The molecule has 1 aromatic heterocycles. The lowest BCUT2D eigenvalue weighted by Crippen LogP contribution is -2.40. The molecule has 2 N–H and O–H groups in total. The number of hydrogen-bond donors (Lipinski definition) is 2. The predicted molar refractivity (Wildman–Crippen MR) is 109 cm³/mol. The molecule has 2 aromatic rings. The lowest BCUT2D eigenvalue weighted by atomic mass is 10.0. The number of likely N-dealkylation sites (tertiary alicyclic amines) is 1. The van der Waals surface area contributed by atoms with Gasteiger partial charge in [0.15, 0.2) is 5.96 Å². The Hall–Kier alpha value is -2.34. The topological polar surface area (TPSA) is 65.7 Å². The zero-order valence-corrected chi connectivity index (χ0v) is 16.4. The molecule has 0 aliphatic carbocycles. The number of aliphatic hydroxyl groups excluding tert-OH is 1. The number of guanidine groups is 1. The molecule has 27 heavy (non-hydrogen) atoms. The fourth-order valence-electron chi connectivity index (χ4n) is 3.67. The number of rotatable bonds is 7. The molecule has 6 nitrogen and oxygen atoms in total. The lowest BCUT2D eigenvalue weighted by molar-refractivity contribution is 0.183. The maximum atomic E-state index is 10.3. The summed E-state index contributed by atoms with van der Waals surface area (Å²) in [5, 5.41) is 18.0. The maximum Gasteiger partial charge on any atom is 0.194 e. The molecule has 146 valence electrons. The van der Waals surface area contributed by atoms with Crippen LogP contribution in [0.25, 0.3) is 0 Å². The molecule has 1 aliphatic heterocycles. The van der Waals surface area contributed by atoms with E-state index in [0.29, 0.717) is 18.9 Å². The molecule has 6 heteroatoms. The quantitative estimate of drug-likeness (QED) is 0.577. The minimum absolute atomic E-state index is 0.418. The molecule has 1 aromatic carbocycles. The number of aliphatic hydroxyl groups is 1. The third-order valence-electron chi connectivity index (χ3n) is 4.97. The van der Waals surface area contributed by atoms with Crippen molar-refractivity contribution in [2.75, 3.05) is 26.2 Å². The van der Waals surface area contributed by atoms with Crippen LogP contribution in [0.5, 0.6) is 0 Å². The third-order valence-corrected chi connectivity index (χ3v) is 4.97. The van der Waals surface area contributed by atoms with Crippen LogP contribution in [0.1, 0.15) is 24.5 Å². The van der Waals surface area contributed by atoms with Crippen LogP contribution in [0.15, 0.2) is 47.7 Å². The molecule has 3 rings (SSSR count). The summed E-state index contributed by atoms with van der Waals surface area (Å²) >= 11 is 0. The minimum atomic E-state index is -0.463. The van der Waals surface area contributed by atoms with Gasteiger partial charge in [0.1, 0.15) is 0 Å². The average molecular weight is 370 g/mol. The summed E-state index contributed by atoms with van der Waals surface area (Å²) in [4.78, 5) is 7.02. The van der Waals surface area contributed by atoms with Gasteiger partial charge in [-0.2, -0.15) is 5.10 Å². The van der Waals surface area contributed by atoms with Crippen molar-refractivity contribution in [1.82, 2.24) is 20.0 Å². The molecule has 1 fully saturated rings. The van der Waals surface area contributed by atoms with Crippen molar-refractivity contribution in [3.8, 4) is 0 Å². The van der Waals surface area contributed by atoms with E-state index in [2.05, 4.69) is 28.4 Å². The highest BCUT2D eigenvalue weighted by Gasteiger charge is 2.25. The summed E-state index contributed by atoms with van der Waals surface area (Å²) in [5.41, 5.74) is 2.44. The van der Waals surface area contributed by atoms with E-state index in [4.69, 9.17) is 4.99 Å². The summed E-state index contributed by atoms with van der Waals surface area (Å²) in [7, 11) is 1.96. The van der Waals surface area contributed by atoms with Crippen LogP contribution in [0, 0.1) is 5.92 Å². The van der Waals surface area contributed by atoms with Crippen molar-refractivity contribution in [3.63, 3.8) is 0 Å². The second-order valence-corrected chi connectivity index (χ2v) is 7.37. The largest absolute Gasteiger partial charge is 0.391 e. The highest BCUT2D eigenvalue weighted by Crippen LogP contribution is 2.20. The van der Waals surface area contributed by atoms with E-state index < -0.39 is 6.10 Å². The number of aliphatic imine (C=N–C) groups is 1. The Morgan fingerprint density at radius 1 is 1.33 bits per heavy atom. The number of aromatic nitrogens is 2. The van der Waals surface area contributed by atoms with Crippen LogP contribution in [-0.2, 0) is 19.9 Å². The van der Waals surface area contributed by atoms with Crippen LogP contribution in [0.4, 0.5) is 0 Å². The molecule has 0 spiro atoms. The van der Waals surface area contributed by atoms with E-state index in [-0.39, 0.29) is 0 Å². The zero-order valence-electron chi connectivity index (χ0n) is 16.4. The standard InChI is InChI=1S/C21H31N5O/c1-3-22-21(23-14-20(27)12-17-7-5-4-6-8-17)26-10-9-18(16-26)11-19-13-24-25(2)15-19/h4-8,13,15,18,20,27H,3,9-12,14,16H2,1-2H3,(H,22,23). The van der Waals surface area contributed by atoms with Gasteiger partial charge in [-0.1, -0.05) is 30.3 Å². The SMILES string of the molecule is CCNC(=NCC(O)Cc1ccccc1)N1CCC(Cc2cnn(C)c2)C1. The van der Waals surface area contributed by atoms with Gasteiger partial charge in [-0.05, 0) is 36.8 Å². The molecule has 2 atom stereocenters. The Morgan fingerprint density at radius 2 is 2.15 bits per heavy atom. The number of nitrogens with one attached hydrogen (secondary N) is 1. The van der Waals surface area contributed by atoms with Gasteiger partial charge in [0.25, 0.3) is 0 Å². The molecular formula is C21H31N5O. The molecule has 0 saturated carbocycles. The number of nitrogens with zero attached hydrogens (tertiary/aromatic N) is 4. The molecular weight excluding hydrogens is 338 g/mol. The number of hydrogen-bond acceptors (Lipinski definition) is 3. The predicted octanol–water partition coefficient (Wildman–Crippen LogP) is 1.85. The molecule has 1 saturated heterocycles. The first kappa shape index (κ1) is 19.4. The van der Waals surface area contributed by atoms with Crippen LogP contribution in [0.2, 0.25) is 0 Å². The van der Waals surface area contributed by atoms with Gasteiger partial charge in [-0.25, -0.2) is 0 Å². The summed E-state index contributed by atoms with van der Waals surface area (Å²) < 4.78 is 1.86. The van der Waals surface area contributed by atoms with Crippen molar-refractivity contribution >= 4 is 5.96 Å². The van der Waals surface area contributed by atoms with E-state index in [1.54, 1.807) is 0 Å². The molecule has 2 heterocycles. The Kier molecular flexibility index (Phi) is 6.87.